The Morgan fingerprint density at radius 3 is 2.06 bits per heavy atom. The lowest BCUT2D eigenvalue weighted by Gasteiger charge is -2.36. The molecule has 5 heteroatoms. The summed E-state index contributed by atoms with van der Waals surface area (Å²) in [5.74, 6) is 0.212. The zero-order valence-corrected chi connectivity index (χ0v) is 10.9. The van der Waals surface area contributed by atoms with E-state index in [0.29, 0.717) is 26.3 Å². The lowest BCUT2D eigenvalue weighted by atomic mass is 9.95. The van der Waals surface area contributed by atoms with Gasteiger partial charge in [-0.25, -0.2) is 12.7 Å². The van der Waals surface area contributed by atoms with Crippen LogP contribution in [0.3, 0.4) is 0 Å². The third kappa shape index (κ3) is 2.13. The van der Waals surface area contributed by atoms with Crippen molar-refractivity contribution in [2.75, 3.05) is 26.3 Å². The van der Waals surface area contributed by atoms with E-state index >= 15 is 0 Å². The van der Waals surface area contributed by atoms with Crippen LogP contribution in [0.1, 0.15) is 26.7 Å². The SMILES string of the molecule is C[C@H]1COC[C@H](C)C1S(=O)(=O)N1CCCC1. The molecule has 0 spiro atoms. The van der Waals surface area contributed by atoms with Gasteiger partial charge in [-0.2, -0.15) is 0 Å². The van der Waals surface area contributed by atoms with Gasteiger partial charge in [-0.15, -0.1) is 0 Å². The van der Waals surface area contributed by atoms with Crippen LogP contribution in [-0.2, 0) is 14.8 Å². The van der Waals surface area contributed by atoms with Crippen molar-refractivity contribution < 1.29 is 13.2 Å². The normalized spacial score (nSPS) is 34.4. The van der Waals surface area contributed by atoms with Crippen molar-refractivity contribution in [2.45, 2.75) is 31.9 Å². The molecule has 0 aromatic heterocycles. The van der Waals surface area contributed by atoms with Crippen molar-refractivity contribution in [3.63, 3.8) is 0 Å². The van der Waals surface area contributed by atoms with Crippen molar-refractivity contribution >= 4 is 10.0 Å². The number of hydrogen-bond acceptors (Lipinski definition) is 3. The molecule has 94 valence electrons. The van der Waals surface area contributed by atoms with E-state index in [2.05, 4.69) is 0 Å². The first kappa shape index (κ1) is 12.3. The molecule has 2 saturated heterocycles. The van der Waals surface area contributed by atoms with E-state index in [-0.39, 0.29) is 17.1 Å². The maximum atomic E-state index is 12.5. The summed E-state index contributed by atoms with van der Waals surface area (Å²) in [5.41, 5.74) is 0. The van der Waals surface area contributed by atoms with Crippen LogP contribution < -0.4 is 0 Å². The fourth-order valence-corrected chi connectivity index (χ4v) is 5.34. The van der Waals surface area contributed by atoms with Gasteiger partial charge in [0.2, 0.25) is 10.0 Å². The van der Waals surface area contributed by atoms with E-state index in [9.17, 15) is 8.42 Å². The summed E-state index contributed by atoms with van der Waals surface area (Å²) in [6, 6.07) is 0. The number of ether oxygens (including phenoxy) is 1. The second-order valence-electron chi connectivity index (χ2n) is 5.11. The molecule has 2 rings (SSSR count). The maximum absolute atomic E-state index is 12.5. The molecule has 0 saturated carbocycles. The Labute approximate surface area is 98.0 Å². The van der Waals surface area contributed by atoms with Gasteiger partial charge in [0.05, 0.1) is 18.5 Å². The van der Waals surface area contributed by atoms with E-state index in [1.54, 1.807) is 4.31 Å². The van der Waals surface area contributed by atoms with Crippen LogP contribution in [0.2, 0.25) is 0 Å². The van der Waals surface area contributed by atoms with Crippen LogP contribution >= 0.6 is 0 Å². The molecule has 4 nitrogen and oxygen atoms in total. The van der Waals surface area contributed by atoms with E-state index in [4.69, 9.17) is 4.74 Å². The Balaban J connectivity index is 2.20. The van der Waals surface area contributed by atoms with Gasteiger partial charge in [0, 0.05) is 13.1 Å². The van der Waals surface area contributed by atoms with E-state index in [1.807, 2.05) is 13.8 Å². The van der Waals surface area contributed by atoms with Crippen molar-refractivity contribution in [2.24, 2.45) is 11.8 Å². The van der Waals surface area contributed by atoms with Crippen LogP contribution in [0.5, 0.6) is 0 Å². The predicted molar refractivity (Wildman–Crippen MR) is 62.7 cm³/mol. The minimum absolute atomic E-state index is 0.106. The molecule has 0 amide bonds. The molecule has 0 aromatic carbocycles. The molecule has 2 fully saturated rings. The summed E-state index contributed by atoms with van der Waals surface area (Å²) >= 11 is 0. The summed E-state index contributed by atoms with van der Waals surface area (Å²) in [5, 5.41) is -0.251. The number of nitrogens with zero attached hydrogens (tertiary/aromatic N) is 1. The van der Waals surface area contributed by atoms with E-state index in [1.165, 1.54) is 0 Å². The second kappa shape index (κ2) is 4.63. The van der Waals surface area contributed by atoms with Crippen LogP contribution in [-0.4, -0.2) is 44.3 Å². The average Bonchev–Trinajstić information content (AvgIpc) is 2.69. The van der Waals surface area contributed by atoms with Gasteiger partial charge in [-0.05, 0) is 24.7 Å². The van der Waals surface area contributed by atoms with Crippen LogP contribution in [0.15, 0.2) is 0 Å². The predicted octanol–water partition coefficient (Wildman–Crippen LogP) is 1.08. The highest BCUT2D eigenvalue weighted by atomic mass is 32.2. The molecule has 16 heavy (non-hydrogen) atoms. The topological polar surface area (TPSA) is 46.6 Å². The fraction of sp³-hybridized carbons (Fsp3) is 1.00. The lowest BCUT2D eigenvalue weighted by Crippen LogP contribution is -2.48. The third-order valence-electron chi connectivity index (χ3n) is 3.65. The largest absolute Gasteiger partial charge is 0.381 e. The van der Waals surface area contributed by atoms with Crippen molar-refractivity contribution in [1.82, 2.24) is 4.31 Å². The van der Waals surface area contributed by atoms with Crippen molar-refractivity contribution in [3.05, 3.63) is 0 Å². The molecular weight excluding hydrogens is 226 g/mol. The van der Waals surface area contributed by atoms with E-state index in [0.717, 1.165) is 12.8 Å². The molecule has 2 atom stereocenters. The van der Waals surface area contributed by atoms with Crippen LogP contribution in [0.4, 0.5) is 0 Å². The summed E-state index contributed by atoms with van der Waals surface area (Å²) in [4.78, 5) is 0. The zero-order valence-electron chi connectivity index (χ0n) is 10.1. The minimum Gasteiger partial charge on any atom is -0.381 e. The van der Waals surface area contributed by atoms with Gasteiger partial charge < -0.3 is 4.74 Å². The highest BCUT2D eigenvalue weighted by molar-refractivity contribution is 7.89. The zero-order chi connectivity index (χ0) is 11.8. The van der Waals surface area contributed by atoms with Gasteiger partial charge in [0.25, 0.3) is 0 Å². The first-order valence-corrected chi connectivity index (χ1v) is 7.60. The number of sulfonamides is 1. The van der Waals surface area contributed by atoms with Gasteiger partial charge in [0.15, 0.2) is 0 Å². The maximum Gasteiger partial charge on any atom is 0.217 e. The summed E-state index contributed by atoms with van der Waals surface area (Å²) < 4.78 is 32.0. The highest BCUT2D eigenvalue weighted by Gasteiger charge is 2.42. The van der Waals surface area contributed by atoms with Crippen molar-refractivity contribution in [3.8, 4) is 0 Å². The summed E-state index contributed by atoms with van der Waals surface area (Å²) in [6.45, 7) is 6.52. The molecule has 0 N–H and O–H groups in total. The first-order valence-electron chi connectivity index (χ1n) is 6.10. The van der Waals surface area contributed by atoms with Gasteiger partial charge in [0.1, 0.15) is 0 Å². The van der Waals surface area contributed by atoms with E-state index < -0.39 is 10.0 Å². The Hall–Kier alpha value is -0.130. The third-order valence-corrected chi connectivity index (χ3v) is 6.35. The second-order valence-corrected chi connectivity index (χ2v) is 7.20. The molecule has 0 bridgehead atoms. The number of hydrogen-bond donors (Lipinski definition) is 0. The molecule has 0 aliphatic carbocycles. The molecule has 2 heterocycles. The highest BCUT2D eigenvalue weighted by Crippen LogP contribution is 2.30. The minimum atomic E-state index is -3.11. The summed E-state index contributed by atoms with van der Waals surface area (Å²) in [6.07, 6.45) is 2.01. The van der Waals surface area contributed by atoms with Gasteiger partial charge >= 0.3 is 0 Å². The molecule has 2 aliphatic rings. The molecule has 0 unspecified atom stereocenters. The Morgan fingerprint density at radius 2 is 1.56 bits per heavy atom. The van der Waals surface area contributed by atoms with Gasteiger partial charge in [-0.3, -0.25) is 0 Å². The molecular formula is C11H21NO3S. The Morgan fingerprint density at radius 1 is 1.06 bits per heavy atom. The average molecular weight is 247 g/mol. The number of rotatable bonds is 2. The molecule has 2 aliphatic heterocycles. The molecule has 0 aromatic rings. The standard InChI is InChI=1S/C11H21NO3S/c1-9-7-15-8-10(2)11(9)16(13,14)12-5-3-4-6-12/h9-11H,3-8H2,1-2H3/t9-,10-/m0/s1. The Bertz CT molecular complexity index is 325. The molecule has 0 radical (unpaired) electrons. The quantitative estimate of drug-likeness (QED) is 0.733. The lowest BCUT2D eigenvalue weighted by molar-refractivity contribution is 0.0291. The van der Waals surface area contributed by atoms with Gasteiger partial charge in [-0.1, -0.05) is 13.8 Å². The van der Waals surface area contributed by atoms with Crippen LogP contribution in [0.25, 0.3) is 0 Å². The fourth-order valence-electron chi connectivity index (χ4n) is 2.89. The smallest absolute Gasteiger partial charge is 0.217 e. The monoisotopic (exact) mass is 247 g/mol. The van der Waals surface area contributed by atoms with Crippen LogP contribution in [0, 0.1) is 11.8 Å². The summed E-state index contributed by atoms with van der Waals surface area (Å²) in [7, 11) is -3.11. The first-order chi connectivity index (χ1) is 7.53. The Kier molecular flexibility index (Phi) is 3.56. The van der Waals surface area contributed by atoms with Crippen molar-refractivity contribution in [1.29, 1.82) is 0 Å².